The number of halogens is 8. The molecule has 2 rings (SSSR count). The van der Waals surface area contributed by atoms with Gasteiger partial charge in [0.05, 0.1) is 0 Å². The van der Waals surface area contributed by atoms with Crippen LogP contribution in [-0.4, -0.2) is 71.5 Å². The van der Waals surface area contributed by atoms with Crippen LogP contribution in [-0.2, 0) is 9.59 Å². The second-order valence-electron chi connectivity index (χ2n) is 7.00. The lowest BCUT2D eigenvalue weighted by Gasteiger charge is -2.39. The second-order valence-corrected chi connectivity index (χ2v) is 7.00. The van der Waals surface area contributed by atoms with Gasteiger partial charge >= 0.3 is 23.7 Å². The molecule has 0 saturated carbocycles. The molecule has 0 radical (unpaired) electrons. The predicted octanol–water partition coefficient (Wildman–Crippen LogP) is 3.55. The monoisotopic (exact) mass is 424 g/mol. The first-order valence-corrected chi connectivity index (χ1v) is 8.88. The minimum Gasteiger partial charge on any atom is -0.337 e. The van der Waals surface area contributed by atoms with Crippen LogP contribution in [0.25, 0.3) is 0 Å². The van der Waals surface area contributed by atoms with Gasteiger partial charge in [-0.05, 0) is 38.5 Å². The average molecular weight is 424 g/mol. The standard InChI is InChI=1S/C16H20F8N2O2/c17-13(18,11(27)25-7-3-1-4-8-25)15(21,22)16(23,24)14(19,20)12(28)26-9-5-2-6-10-26/h1-10H2. The molecule has 0 N–H and O–H groups in total. The number of hydrogen-bond acceptors (Lipinski definition) is 2. The van der Waals surface area contributed by atoms with Crippen molar-refractivity contribution >= 4 is 11.8 Å². The van der Waals surface area contributed by atoms with Gasteiger partial charge in [-0.15, -0.1) is 0 Å². The molecule has 2 fully saturated rings. The van der Waals surface area contributed by atoms with Crippen LogP contribution in [0.2, 0.25) is 0 Å². The Balaban J connectivity index is 2.31. The fraction of sp³-hybridized carbons (Fsp3) is 0.875. The molecule has 12 heteroatoms. The Morgan fingerprint density at radius 2 is 0.750 bits per heavy atom. The summed E-state index contributed by atoms with van der Waals surface area (Å²) in [5, 5.41) is 0. The highest BCUT2D eigenvalue weighted by atomic mass is 19.4. The number of amides is 2. The third-order valence-corrected chi connectivity index (χ3v) is 5.01. The minimum atomic E-state index is -6.77. The van der Waals surface area contributed by atoms with Crippen LogP contribution in [0.3, 0.4) is 0 Å². The molecule has 0 unspecified atom stereocenters. The molecule has 4 nitrogen and oxygen atoms in total. The average Bonchev–Trinajstić information content (AvgIpc) is 2.67. The van der Waals surface area contributed by atoms with Gasteiger partial charge in [0.1, 0.15) is 0 Å². The summed E-state index contributed by atoms with van der Waals surface area (Å²) in [6, 6.07) is 0. The van der Waals surface area contributed by atoms with E-state index in [1.54, 1.807) is 0 Å². The van der Waals surface area contributed by atoms with Gasteiger partial charge in [-0.3, -0.25) is 9.59 Å². The first-order chi connectivity index (χ1) is 12.8. The fourth-order valence-electron chi connectivity index (χ4n) is 3.25. The summed E-state index contributed by atoms with van der Waals surface area (Å²) in [6.45, 7) is -1.50. The SMILES string of the molecule is O=C(N1CCCCC1)C(F)(F)C(F)(F)C(F)(F)C(F)(F)C(=O)N1CCCCC1. The van der Waals surface area contributed by atoms with E-state index < -0.39 is 35.5 Å². The molecule has 0 bridgehead atoms. The van der Waals surface area contributed by atoms with Crippen LogP contribution in [0.1, 0.15) is 38.5 Å². The summed E-state index contributed by atoms with van der Waals surface area (Å²) in [4.78, 5) is 24.0. The summed E-state index contributed by atoms with van der Waals surface area (Å²) < 4.78 is 112. The van der Waals surface area contributed by atoms with Gasteiger partial charge < -0.3 is 9.80 Å². The number of hydrogen-bond donors (Lipinski definition) is 0. The highest BCUT2D eigenvalue weighted by Crippen LogP contribution is 2.53. The van der Waals surface area contributed by atoms with E-state index in [9.17, 15) is 44.7 Å². The Kier molecular flexibility index (Phi) is 6.20. The Labute approximate surface area is 155 Å². The fourth-order valence-corrected chi connectivity index (χ4v) is 3.25. The molecule has 0 aromatic heterocycles. The molecule has 0 aromatic carbocycles. The Hall–Kier alpha value is -1.62. The van der Waals surface area contributed by atoms with E-state index in [0.717, 1.165) is 0 Å². The molecule has 0 atom stereocenters. The molecule has 2 heterocycles. The third-order valence-electron chi connectivity index (χ3n) is 5.01. The number of piperidine rings is 2. The molecular weight excluding hydrogens is 404 g/mol. The highest BCUT2D eigenvalue weighted by molar-refractivity contribution is 5.87. The number of nitrogens with zero attached hydrogens (tertiary/aromatic N) is 2. The molecule has 0 aliphatic carbocycles. The quantitative estimate of drug-likeness (QED) is 0.634. The van der Waals surface area contributed by atoms with Crippen molar-refractivity contribution in [3.63, 3.8) is 0 Å². The zero-order valence-corrected chi connectivity index (χ0v) is 14.8. The van der Waals surface area contributed by atoms with Crippen LogP contribution < -0.4 is 0 Å². The van der Waals surface area contributed by atoms with Crippen LogP contribution in [0.4, 0.5) is 35.1 Å². The number of carbonyl (C=O) groups excluding carboxylic acids is 2. The third kappa shape index (κ3) is 3.54. The lowest BCUT2D eigenvalue weighted by molar-refractivity contribution is -0.350. The lowest BCUT2D eigenvalue weighted by Crippen LogP contribution is -2.69. The van der Waals surface area contributed by atoms with Crippen LogP contribution in [0, 0.1) is 0 Å². The molecule has 0 spiro atoms. The van der Waals surface area contributed by atoms with Gasteiger partial charge in [0.15, 0.2) is 0 Å². The van der Waals surface area contributed by atoms with E-state index in [1.165, 1.54) is 0 Å². The van der Waals surface area contributed by atoms with E-state index in [1.807, 2.05) is 0 Å². The molecular formula is C16H20F8N2O2. The molecule has 162 valence electrons. The Morgan fingerprint density at radius 1 is 0.500 bits per heavy atom. The number of rotatable bonds is 5. The van der Waals surface area contributed by atoms with Gasteiger partial charge in [0.25, 0.3) is 11.8 Å². The van der Waals surface area contributed by atoms with Crippen LogP contribution in [0.15, 0.2) is 0 Å². The number of alkyl halides is 8. The summed E-state index contributed by atoms with van der Waals surface area (Å²) >= 11 is 0. The second kappa shape index (κ2) is 7.66. The van der Waals surface area contributed by atoms with Crippen molar-refractivity contribution in [1.29, 1.82) is 0 Å². The summed E-state index contributed by atoms with van der Waals surface area (Å²) in [5.74, 6) is -31.1. The first-order valence-electron chi connectivity index (χ1n) is 8.88. The van der Waals surface area contributed by atoms with Crippen molar-refractivity contribution in [3.8, 4) is 0 Å². The van der Waals surface area contributed by atoms with Gasteiger partial charge in [-0.25, -0.2) is 0 Å². The van der Waals surface area contributed by atoms with Gasteiger partial charge in [0, 0.05) is 26.2 Å². The molecule has 2 amide bonds. The Morgan fingerprint density at radius 3 is 1.00 bits per heavy atom. The molecule has 2 aliphatic rings. The van der Waals surface area contributed by atoms with E-state index >= 15 is 0 Å². The van der Waals surface area contributed by atoms with E-state index in [-0.39, 0.29) is 61.7 Å². The van der Waals surface area contributed by atoms with Crippen molar-refractivity contribution in [2.75, 3.05) is 26.2 Å². The predicted molar refractivity (Wildman–Crippen MR) is 80.7 cm³/mol. The normalized spacial score (nSPS) is 20.3. The van der Waals surface area contributed by atoms with E-state index in [4.69, 9.17) is 0 Å². The minimum absolute atomic E-state index is 0.188. The molecule has 2 aliphatic heterocycles. The first kappa shape index (κ1) is 22.7. The van der Waals surface area contributed by atoms with Crippen LogP contribution >= 0.6 is 0 Å². The lowest BCUT2D eigenvalue weighted by atomic mass is 9.95. The van der Waals surface area contributed by atoms with Crippen molar-refractivity contribution in [3.05, 3.63) is 0 Å². The van der Waals surface area contributed by atoms with Crippen molar-refractivity contribution < 1.29 is 44.7 Å². The molecule has 28 heavy (non-hydrogen) atoms. The number of likely N-dealkylation sites (tertiary alicyclic amines) is 2. The number of carbonyl (C=O) groups is 2. The maximum Gasteiger partial charge on any atom is 0.392 e. The highest BCUT2D eigenvalue weighted by Gasteiger charge is 2.85. The Bertz CT molecular complexity index is 547. The smallest absolute Gasteiger partial charge is 0.337 e. The maximum atomic E-state index is 14.0. The topological polar surface area (TPSA) is 40.6 Å². The van der Waals surface area contributed by atoms with Crippen molar-refractivity contribution in [1.82, 2.24) is 9.80 Å². The van der Waals surface area contributed by atoms with Gasteiger partial charge in [-0.1, -0.05) is 0 Å². The summed E-state index contributed by atoms with van der Waals surface area (Å²) in [6.07, 6.45) is 1.79. The van der Waals surface area contributed by atoms with Crippen LogP contribution in [0.5, 0.6) is 0 Å². The summed E-state index contributed by atoms with van der Waals surface area (Å²) in [7, 11) is 0. The van der Waals surface area contributed by atoms with E-state index in [0.29, 0.717) is 12.8 Å². The molecule has 2 saturated heterocycles. The maximum absolute atomic E-state index is 14.0. The van der Waals surface area contributed by atoms with E-state index in [2.05, 4.69) is 0 Å². The molecule has 0 aromatic rings. The largest absolute Gasteiger partial charge is 0.392 e. The van der Waals surface area contributed by atoms with Crippen molar-refractivity contribution in [2.45, 2.75) is 62.2 Å². The van der Waals surface area contributed by atoms with Crippen molar-refractivity contribution in [2.24, 2.45) is 0 Å². The summed E-state index contributed by atoms with van der Waals surface area (Å²) in [5.41, 5.74) is 0. The van der Waals surface area contributed by atoms with Gasteiger partial charge in [-0.2, -0.15) is 35.1 Å². The zero-order chi connectivity index (χ0) is 21.4. The van der Waals surface area contributed by atoms with Gasteiger partial charge in [0.2, 0.25) is 0 Å². The zero-order valence-electron chi connectivity index (χ0n) is 14.8.